The fraction of sp³-hybridized carbons (Fsp3) is 0. The lowest BCUT2D eigenvalue weighted by molar-refractivity contribution is -0.384. The average molecular weight is 285 g/mol. The molecule has 0 unspecified atom stereocenters. The van der Waals surface area contributed by atoms with Gasteiger partial charge in [-0.2, -0.15) is 5.26 Å². The van der Waals surface area contributed by atoms with E-state index in [4.69, 9.17) is 11.6 Å². The molecule has 0 aliphatic carbocycles. The topological polar surface area (TPSA) is 66.9 Å². The van der Waals surface area contributed by atoms with Gasteiger partial charge in [-0.3, -0.25) is 10.1 Å². The van der Waals surface area contributed by atoms with E-state index >= 15 is 0 Å². The van der Waals surface area contributed by atoms with Gasteiger partial charge in [0.2, 0.25) is 0 Å². The zero-order valence-corrected chi connectivity index (χ0v) is 11.0. The molecule has 98 valence electrons. The third-order valence-corrected chi connectivity index (χ3v) is 3.00. The van der Waals surface area contributed by atoms with E-state index in [1.807, 2.05) is 18.2 Å². The van der Waals surface area contributed by atoms with Gasteiger partial charge in [0.1, 0.15) is 5.02 Å². The van der Waals surface area contributed by atoms with Crippen molar-refractivity contribution in [3.05, 3.63) is 74.8 Å². The maximum Gasteiger partial charge on any atom is 0.288 e. The summed E-state index contributed by atoms with van der Waals surface area (Å²) in [6.07, 6.45) is 1.60. The minimum Gasteiger partial charge on any atom is -0.258 e. The molecule has 2 aromatic carbocycles. The van der Waals surface area contributed by atoms with Crippen molar-refractivity contribution in [2.75, 3.05) is 0 Å². The van der Waals surface area contributed by atoms with Crippen LogP contribution in [0.1, 0.15) is 11.1 Å². The van der Waals surface area contributed by atoms with Crippen molar-refractivity contribution in [2.24, 2.45) is 0 Å². The second-order valence-electron chi connectivity index (χ2n) is 4.00. The highest BCUT2D eigenvalue weighted by atomic mass is 35.5. The van der Waals surface area contributed by atoms with Gasteiger partial charge in [0.25, 0.3) is 5.69 Å². The molecule has 2 rings (SSSR count). The van der Waals surface area contributed by atoms with Crippen LogP contribution in [0.5, 0.6) is 0 Å². The normalized spacial score (nSPS) is 10.9. The zero-order chi connectivity index (χ0) is 14.5. The number of halogens is 1. The summed E-state index contributed by atoms with van der Waals surface area (Å²) in [4.78, 5) is 10.3. The van der Waals surface area contributed by atoms with Gasteiger partial charge in [-0.25, -0.2) is 0 Å². The molecule has 0 saturated heterocycles. The minimum atomic E-state index is -0.547. The van der Waals surface area contributed by atoms with Crippen molar-refractivity contribution in [3.63, 3.8) is 0 Å². The van der Waals surface area contributed by atoms with Crippen molar-refractivity contribution in [1.82, 2.24) is 0 Å². The molecule has 2 aromatic rings. The van der Waals surface area contributed by atoms with Crippen molar-refractivity contribution < 1.29 is 4.92 Å². The summed E-state index contributed by atoms with van der Waals surface area (Å²) in [5.74, 6) is 0. The minimum absolute atomic E-state index is 0.0744. The van der Waals surface area contributed by atoms with Gasteiger partial charge in [0.05, 0.1) is 16.6 Å². The summed E-state index contributed by atoms with van der Waals surface area (Å²) in [7, 11) is 0. The maximum absolute atomic E-state index is 10.8. The first-order chi connectivity index (χ1) is 9.61. The molecule has 5 heteroatoms. The number of nitro groups is 1. The molecule has 0 amide bonds. The van der Waals surface area contributed by atoms with E-state index in [0.717, 1.165) is 5.56 Å². The van der Waals surface area contributed by atoms with Crippen LogP contribution in [0.15, 0.2) is 48.5 Å². The molecule has 0 spiro atoms. The van der Waals surface area contributed by atoms with E-state index in [2.05, 4.69) is 6.07 Å². The molecule has 0 bridgehead atoms. The Hall–Kier alpha value is -2.64. The molecule has 0 heterocycles. The molecular formula is C15H9ClN2O2. The van der Waals surface area contributed by atoms with E-state index in [1.54, 1.807) is 24.3 Å². The predicted octanol–water partition coefficient (Wildman–Crippen LogP) is 4.31. The number of nitro benzene ring substituents is 1. The highest BCUT2D eigenvalue weighted by Crippen LogP contribution is 2.27. The van der Waals surface area contributed by atoms with E-state index in [0.29, 0.717) is 11.1 Å². The molecule has 0 atom stereocenters. The van der Waals surface area contributed by atoms with Gasteiger partial charge in [-0.1, -0.05) is 48.0 Å². The summed E-state index contributed by atoms with van der Waals surface area (Å²) in [6.45, 7) is 0. The van der Waals surface area contributed by atoms with Crippen molar-refractivity contribution in [2.45, 2.75) is 0 Å². The number of rotatable bonds is 3. The lowest BCUT2D eigenvalue weighted by atomic mass is 10.0. The van der Waals surface area contributed by atoms with Gasteiger partial charge < -0.3 is 0 Å². The van der Waals surface area contributed by atoms with E-state index < -0.39 is 4.92 Å². The standard InChI is InChI=1S/C15H9ClN2O2/c16-14-7-6-11(9-15(14)18(19)20)8-13(10-17)12-4-2-1-3-5-12/h1-9H/b13-8-. The summed E-state index contributed by atoms with van der Waals surface area (Å²) < 4.78 is 0. The fourth-order valence-corrected chi connectivity index (χ4v) is 1.91. The third kappa shape index (κ3) is 3.02. The fourth-order valence-electron chi connectivity index (χ4n) is 1.72. The highest BCUT2D eigenvalue weighted by molar-refractivity contribution is 6.32. The second-order valence-corrected chi connectivity index (χ2v) is 4.41. The summed E-state index contributed by atoms with van der Waals surface area (Å²) in [5.41, 5.74) is 1.57. The Kier molecular flexibility index (Phi) is 4.14. The molecule has 0 saturated carbocycles. The van der Waals surface area contributed by atoms with Crippen LogP contribution >= 0.6 is 11.6 Å². The van der Waals surface area contributed by atoms with Crippen LogP contribution in [0.25, 0.3) is 11.6 Å². The number of benzene rings is 2. The molecule has 4 nitrogen and oxygen atoms in total. The molecule has 20 heavy (non-hydrogen) atoms. The lowest BCUT2D eigenvalue weighted by Gasteiger charge is -2.00. The molecular weight excluding hydrogens is 276 g/mol. The van der Waals surface area contributed by atoms with Crippen LogP contribution in [0.3, 0.4) is 0 Å². The Labute approximate surface area is 120 Å². The first kappa shape index (κ1) is 13.8. The number of nitriles is 1. The van der Waals surface area contributed by atoms with E-state index in [1.165, 1.54) is 12.1 Å². The number of nitrogens with zero attached hydrogens (tertiary/aromatic N) is 2. The van der Waals surface area contributed by atoms with Crippen LogP contribution in [0.4, 0.5) is 5.69 Å². The summed E-state index contributed by atoms with van der Waals surface area (Å²) in [5, 5.41) is 20.1. The largest absolute Gasteiger partial charge is 0.288 e. The smallest absolute Gasteiger partial charge is 0.258 e. The average Bonchev–Trinajstić information content (AvgIpc) is 2.47. The maximum atomic E-state index is 10.8. The van der Waals surface area contributed by atoms with Crippen LogP contribution < -0.4 is 0 Å². The Balaban J connectivity index is 2.47. The summed E-state index contributed by atoms with van der Waals surface area (Å²) in [6, 6.07) is 15.6. The van der Waals surface area contributed by atoms with Gasteiger partial charge in [0.15, 0.2) is 0 Å². The SMILES string of the molecule is N#C/C(=C/c1ccc(Cl)c([N+](=O)[O-])c1)c1ccccc1. The number of hydrogen-bond donors (Lipinski definition) is 0. The molecule has 0 aliphatic heterocycles. The zero-order valence-electron chi connectivity index (χ0n) is 10.3. The van der Waals surface area contributed by atoms with Crippen LogP contribution in [0, 0.1) is 21.4 Å². The van der Waals surface area contributed by atoms with Crippen LogP contribution in [0.2, 0.25) is 5.02 Å². The first-order valence-electron chi connectivity index (χ1n) is 5.73. The third-order valence-electron chi connectivity index (χ3n) is 2.68. The van der Waals surface area contributed by atoms with Crippen LogP contribution in [-0.4, -0.2) is 4.92 Å². The molecule has 0 N–H and O–H groups in total. The van der Waals surface area contributed by atoms with Crippen molar-refractivity contribution in [3.8, 4) is 6.07 Å². The van der Waals surface area contributed by atoms with E-state index in [9.17, 15) is 15.4 Å². The Morgan fingerprint density at radius 1 is 1.25 bits per heavy atom. The van der Waals surface area contributed by atoms with Gasteiger partial charge in [-0.15, -0.1) is 0 Å². The second kappa shape index (κ2) is 6.00. The van der Waals surface area contributed by atoms with Crippen molar-refractivity contribution >= 4 is 28.9 Å². The molecule has 0 aromatic heterocycles. The molecule has 0 radical (unpaired) electrons. The Morgan fingerprint density at radius 2 is 1.95 bits per heavy atom. The summed E-state index contributed by atoms with van der Waals surface area (Å²) >= 11 is 5.75. The lowest BCUT2D eigenvalue weighted by Crippen LogP contribution is -1.90. The Morgan fingerprint density at radius 3 is 2.55 bits per heavy atom. The van der Waals surface area contributed by atoms with Gasteiger partial charge >= 0.3 is 0 Å². The van der Waals surface area contributed by atoms with Crippen LogP contribution in [-0.2, 0) is 0 Å². The number of hydrogen-bond acceptors (Lipinski definition) is 3. The van der Waals surface area contributed by atoms with E-state index in [-0.39, 0.29) is 10.7 Å². The highest BCUT2D eigenvalue weighted by Gasteiger charge is 2.12. The predicted molar refractivity (Wildman–Crippen MR) is 78.0 cm³/mol. The number of allylic oxidation sites excluding steroid dienone is 1. The van der Waals surface area contributed by atoms with Gasteiger partial charge in [0, 0.05) is 6.07 Å². The molecule has 0 aliphatic rings. The monoisotopic (exact) mass is 284 g/mol. The first-order valence-corrected chi connectivity index (χ1v) is 6.11. The molecule has 0 fully saturated rings. The van der Waals surface area contributed by atoms with Crippen molar-refractivity contribution in [1.29, 1.82) is 5.26 Å². The Bertz CT molecular complexity index is 718. The van der Waals surface area contributed by atoms with Gasteiger partial charge in [-0.05, 0) is 23.3 Å². The quantitative estimate of drug-likeness (QED) is 0.365.